The van der Waals surface area contributed by atoms with Gasteiger partial charge in [0.1, 0.15) is 11.9 Å². The molecule has 0 bridgehead atoms. The first kappa shape index (κ1) is 24.5. The molecule has 0 radical (unpaired) electrons. The van der Waals surface area contributed by atoms with Crippen molar-refractivity contribution < 1.29 is 23.5 Å². The van der Waals surface area contributed by atoms with Crippen LogP contribution in [0, 0.1) is 35.4 Å². The third kappa shape index (κ3) is 5.01. The summed E-state index contributed by atoms with van der Waals surface area (Å²) in [6, 6.07) is 10.4. The molecule has 1 aliphatic heterocycles. The normalized spacial score (nSPS) is 31.4. The lowest BCUT2D eigenvalue weighted by molar-refractivity contribution is -0.144. The van der Waals surface area contributed by atoms with Crippen molar-refractivity contribution in [1.82, 2.24) is 10.3 Å². The summed E-state index contributed by atoms with van der Waals surface area (Å²) in [6.45, 7) is 4.15. The molecule has 2 saturated carbocycles. The summed E-state index contributed by atoms with van der Waals surface area (Å²) in [4.78, 5) is 29.2. The van der Waals surface area contributed by atoms with Crippen molar-refractivity contribution in [3.05, 3.63) is 60.2 Å². The fourth-order valence-corrected chi connectivity index (χ4v) is 6.64. The van der Waals surface area contributed by atoms with Gasteiger partial charge < -0.3 is 14.8 Å². The van der Waals surface area contributed by atoms with Crippen LogP contribution in [0.2, 0.25) is 0 Å². The van der Waals surface area contributed by atoms with Gasteiger partial charge in [0.15, 0.2) is 0 Å². The van der Waals surface area contributed by atoms with Crippen LogP contribution in [-0.2, 0) is 14.3 Å². The van der Waals surface area contributed by atoms with Crippen molar-refractivity contribution >= 4 is 18.1 Å². The lowest BCUT2D eigenvalue weighted by atomic mass is 9.57. The number of ether oxygens (including phenoxy) is 2. The summed E-state index contributed by atoms with van der Waals surface area (Å²) >= 11 is 0. The molecule has 190 valence electrons. The summed E-state index contributed by atoms with van der Waals surface area (Å²) < 4.78 is 24.3. The Bertz CT molecular complexity index is 1130. The number of amides is 1. The van der Waals surface area contributed by atoms with Crippen molar-refractivity contribution in [2.75, 3.05) is 6.61 Å². The first-order chi connectivity index (χ1) is 17.4. The molecule has 1 amide bonds. The van der Waals surface area contributed by atoms with Gasteiger partial charge >= 0.3 is 12.1 Å². The number of hydrogen-bond acceptors (Lipinski definition) is 5. The second-order valence-electron chi connectivity index (χ2n) is 10.3. The Balaban J connectivity index is 1.34. The first-order valence-electron chi connectivity index (χ1n) is 13.0. The van der Waals surface area contributed by atoms with Crippen molar-refractivity contribution in [3.63, 3.8) is 0 Å². The Morgan fingerprint density at radius 3 is 2.83 bits per heavy atom. The smallest absolute Gasteiger partial charge is 0.407 e. The van der Waals surface area contributed by atoms with E-state index in [0.717, 1.165) is 42.5 Å². The van der Waals surface area contributed by atoms with Crippen molar-refractivity contribution in [2.45, 2.75) is 51.7 Å². The number of nitrogens with one attached hydrogen (secondary N) is 1. The zero-order valence-corrected chi connectivity index (χ0v) is 20.7. The van der Waals surface area contributed by atoms with Gasteiger partial charge in [-0.25, -0.2) is 9.18 Å². The molecule has 7 atom stereocenters. The van der Waals surface area contributed by atoms with Gasteiger partial charge in [-0.2, -0.15) is 0 Å². The number of nitrogens with zero attached hydrogens (tertiary/aromatic N) is 1. The molecule has 6 nitrogen and oxygen atoms in total. The van der Waals surface area contributed by atoms with Gasteiger partial charge in [-0.05, 0) is 87.1 Å². The highest BCUT2D eigenvalue weighted by Gasteiger charge is 2.54. The molecule has 3 aliphatic rings. The number of allylic oxidation sites excluding steroid dienone is 1. The first-order valence-corrected chi connectivity index (χ1v) is 13.0. The van der Waals surface area contributed by atoms with Gasteiger partial charge in [-0.15, -0.1) is 0 Å². The SMILES string of the molecule is CCOC(=O)N[C@@H]1CC[C@@H]2C(/C=C/c3ccc(-c4cccc(F)c4)cn3)[C@H]3[C@H](C[C@@H]2C1)C(=O)O[C@@H]3C. The van der Waals surface area contributed by atoms with Crippen LogP contribution in [0.15, 0.2) is 48.7 Å². The Labute approximate surface area is 211 Å². The predicted molar refractivity (Wildman–Crippen MR) is 134 cm³/mol. The van der Waals surface area contributed by atoms with E-state index in [-0.39, 0.29) is 47.8 Å². The molecular weight excluding hydrogens is 459 g/mol. The average molecular weight is 493 g/mol. The maximum atomic E-state index is 13.6. The molecule has 2 heterocycles. The van der Waals surface area contributed by atoms with Crippen LogP contribution in [0.3, 0.4) is 0 Å². The van der Waals surface area contributed by atoms with Crippen LogP contribution in [0.5, 0.6) is 0 Å². The number of benzene rings is 1. The molecule has 1 aromatic heterocycles. The Kier molecular flexibility index (Phi) is 7.08. The van der Waals surface area contributed by atoms with Crippen LogP contribution in [-0.4, -0.2) is 35.8 Å². The third-order valence-electron chi connectivity index (χ3n) is 8.18. The number of halogens is 1. The Hall–Kier alpha value is -3.22. The zero-order valence-electron chi connectivity index (χ0n) is 20.7. The second kappa shape index (κ2) is 10.4. The van der Waals surface area contributed by atoms with Gasteiger partial charge in [-0.3, -0.25) is 9.78 Å². The minimum absolute atomic E-state index is 0.0679. The highest BCUT2D eigenvalue weighted by molar-refractivity contribution is 5.75. The molecule has 1 aromatic carbocycles. The lowest BCUT2D eigenvalue weighted by Crippen LogP contribution is -2.48. The van der Waals surface area contributed by atoms with E-state index >= 15 is 0 Å². The number of pyridine rings is 1. The van der Waals surface area contributed by atoms with Crippen LogP contribution < -0.4 is 5.32 Å². The van der Waals surface area contributed by atoms with E-state index in [1.54, 1.807) is 19.2 Å². The van der Waals surface area contributed by atoms with E-state index < -0.39 is 0 Å². The Morgan fingerprint density at radius 1 is 1.22 bits per heavy atom. The Morgan fingerprint density at radius 2 is 2.08 bits per heavy atom. The number of carbonyl (C=O) groups is 2. The number of esters is 1. The van der Waals surface area contributed by atoms with E-state index in [9.17, 15) is 14.0 Å². The highest BCUT2D eigenvalue weighted by Crippen LogP contribution is 2.53. The second-order valence-corrected chi connectivity index (χ2v) is 10.3. The van der Waals surface area contributed by atoms with Crippen molar-refractivity contribution in [2.24, 2.45) is 29.6 Å². The van der Waals surface area contributed by atoms with Crippen LogP contribution in [0.4, 0.5) is 9.18 Å². The molecule has 5 rings (SSSR count). The third-order valence-corrected chi connectivity index (χ3v) is 8.18. The largest absolute Gasteiger partial charge is 0.462 e. The fourth-order valence-electron chi connectivity index (χ4n) is 6.64. The quantitative estimate of drug-likeness (QED) is 0.548. The van der Waals surface area contributed by atoms with Gasteiger partial charge in [0.05, 0.1) is 18.2 Å². The number of carbonyl (C=O) groups excluding carboxylic acids is 2. The standard InChI is InChI=1S/C29H33FN2O4/c1-3-35-29(34)32-23-10-11-24-20(14-23)15-26-27(17(2)36-28(26)33)25(24)12-9-22-8-7-19(16-31-22)18-5-4-6-21(30)13-18/h4-9,12-13,16-17,20,23-27H,3,10-11,14-15H2,1-2H3,(H,32,34)/b12-9+/t17-,20+,23-,24+,25?,26+,27+/m1/s1. The van der Waals surface area contributed by atoms with Crippen molar-refractivity contribution in [3.8, 4) is 11.1 Å². The molecule has 1 N–H and O–H groups in total. The molecule has 2 aliphatic carbocycles. The number of rotatable bonds is 5. The molecule has 2 aromatic rings. The summed E-state index contributed by atoms with van der Waals surface area (Å²) in [5, 5.41) is 3.00. The van der Waals surface area contributed by atoms with Crippen LogP contribution in [0.25, 0.3) is 17.2 Å². The minimum atomic E-state index is -0.368. The molecule has 1 unspecified atom stereocenters. The summed E-state index contributed by atoms with van der Waals surface area (Å²) in [6.07, 6.45) is 9.07. The summed E-state index contributed by atoms with van der Waals surface area (Å²) in [5.41, 5.74) is 2.48. The number of hydrogen-bond donors (Lipinski definition) is 1. The van der Waals surface area contributed by atoms with E-state index in [1.807, 2.05) is 31.2 Å². The monoisotopic (exact) mass is 492 g/mol. The fraction of sp³-hybridized carbons (Fsp3) is 0.483. The summed E-state index contributed by atoms with van der Waals surface area (Å²) in [5.74, 6) is 0.629. The van der Waals surface area contributed by atoms with Crippen LogP contribution in [0.1, 0.15) is 45.2 Å². The number of cyclic esters (lactones) is 1. The highest BCUT2D eigenvalue weighted by atomic mass is 19.1. The molecular formula is C29H33FN2O4. The molecule has 1 saturated heterocycles. The maximum absolute atomic E-state index is 13.6. The lowest BCUT2D eigenvalue weighted by Gasteiger charge is -2.47. The predicted octanol–water partition coefficient (Wildman–Crippen LogP) is 5.63. The van der Waals surface area contributed by atoms with Gasteiger partial charge in [0.25, 0.3) is 0 Å². The van der Waals surface area contributed by atoms with Gasteiger partial charge in [-0.1, -0.05) is 24.3 Å². The zero-order chi connectivity index (χ0) is 25.2. The van der Waals surface area contributed by atoms with Crippen molar-refractivity contribution in [1.29, 1.82) is 0 Å². The average Bonchev–Trinajstić information content (AvgIpc) is 3.15. The van der Waals surface area contributed by atoms with Gasteiger partial charge in [0, 0.05) is 23.7 Å². The number of alkyl carbamates (subject to hydrolysis) is 1. The molecule has 36 heavy (non-hydrogen) atoms. The van der Waals surface area contributed by atoms with E-state index in [1.165, 1.54) is 12.1 Å². The van der Waals surface area contributed by atoms with E-state index in [2.05, 4.69) is 16.4 Å². The maximum Gasteiger partial charge on any atom is 0.407 e. The number of fused-ring (bicyclic) bond motifs is 2. The minimum Gasteiger partial charge on any atom is -0.462 e. The van der Waals surface area contributed by atoms with Crippen LogP contribution >= 0.6 is 0 Å². The molecule has 3 fully saturated rings. The number of aromatic nitrogens is 1. The van der Waals surface area contributed by atoms with Gasteiger partial charge in [0.2, 0.25) is 0 Å². The summed E-state index contributed by atoms with van der Waals surface area (Å²) in [7, 11) is 0. The van der Waals surface area contributed by atoms with E-state index in [0.29, 0.717) is 18.4 Å². The molecule has 0 spiro atoms. The molecule has 7 heteroatoms. The van der Waals surface area contributed by atoms with E-state index in [4.69, 9.17) is 9.47 Å². The topological polar surface area (TPSA) is 77.5 Å².